The number of nitrogens with one attached hydrogen (secondary N) is 1. The number of benzene rings is 1. The van der Waals surface area contributed by atoms with Crippen molar-refractivity contribution in [1.82, 2.24) is 4.90 Å². The molecule has 24 heavy (non-hydrogen) atoms. The van der Waals surface area contributed by atoms with Crippen LogP contribution in [-0.4, -0.2) is 53.7 Å². The fourth-order valence-electron chi connectivity index (χ4n) is 2.40. The van der Waals surface area contributed by atoms with Crippen LogP contribution in [0, 0.1) is 0 Å². The van der Waals surface area contributed by atoms with Gasteiger partial charge in [0.25, 0.3) is 0 Å². The zero-order chi connectivity index (χ0) is 17.8. The summed E-state index contributed by atoms with van der Waals surface area (Å²) in [5.74, 6) is -1.02. The zero-order valence-electron chi connectivity index (χ0n) is 14.3. The summed E-state index contributed by atoms with van der Waals surface area (Å²) in [6, 6.07) is 6.16. The van der Waals surface area contributed by atoms with Crippen molar-refractivity contribution in [2.75, 3.05) is 32.1 Å². The van der Waals surface area contributed by atoms with Crippen LogP contribution in [0.15, 0.2) is 24.3 Å². The molecule has 0 radical (unpaired) electrons. The number of unbranched alkanes of at least 4 members (excludes halogenated alkanes) is 4. The Kier molecular flexibility index (Phi) is 9.72. The number of carbonyl (C=O) groups excluding carboxylic acids is 1. The minimum Gasteiger partial charge on any atom is -0.478 e. The fourth-order valence-corrected chi connectivity index (χ4v) is 2.40. The van der Waals surface area contributed by atoms with E-state index in [9.17, 15) is 9.59 Å². The van der Waals surface area contributed by atoms with Crippen molar-refractivity contribution in [2.45, 2.75) is 38.5 Å². The molecule has 1 aromatic carbocycles. The number of hydrogen-bond donors (Lipinski definition) is 3. The Labute approximate surface area is 143 Å². The van der Waals surface area contributed by atoms with Gasteiger partial charge < -0.3 is 20.4 Å². The molecule has 0 aliphatic carbocycles. The van der Waals surface area contributed by atoms with Gasteiger partial charge in [0.1, 0.15) is 0 Å². The summed E-state index contributed by atoms with van der Waals surface area (Å²) in [6.07, 6.45) is 5.70. The number of hydrogen-bond acceptors (Lipinski definition) is 4. The van der Waals surface area contributed by atoms with E-state index in [1.807, 2.05) is 7.05 Å². The normalized spacial score (nSPS) is 10.8. The number of carboxylic acid groups (broad SMARTS) is 1. The maximum atomic E-state index is 11.8. The Morgan fingerprint density at radius 1 is 1.00 bits per heavy atom. The molecular formula is C18H28N2O4. The van der Waals surface area contributed by atoms with Crippen molar-refractivity contribution < 1.29 is 19.8 Å². The van der Waals surface area contributed by atoms with Crippen LogP contribution >= 0.6 is 0 Å². The molecule has 0 saturated carbocycles. The van der Waals surface area contributed by atoms with E-state index in [0.29, 0.717) is 18.7 Å². The molecule has 0 fully saturated rings. The van der Waals surface area contributed by atoms with Crippen LogP contribution in [-0.2, 0) is 4.79 Å². The first-order valence-corrected chi connectivity index (χ1v) is 8.45. The summed E-state index contributed by atoms with van der Waals surface area (Å²) in [5.41, 5.74) is 0.828. The standard InChI is InChI=1S/C18H28N2O4/c1-20(13-14-21)12-6-4-2-3-5-7-17(22)19-16-10-8-15(9-11-16)18(23)24/h8-11,21H,2-7,12-14H2,1H3,(H,19,22)(H,23,24). The maximum absolute atomic E-state index is 11.8. The van der Waals surface area contributed by atoms with Crippen molar-refractivity contribution in [2.24, 2.45) is 0 Å². The predicted molar refractivity (Wildman–Crippen MR) is 94.3 cm³/mol. The molecule has 0 heterocycles. The van der Waals surface area contributed by atoms with E-state index in [4.69, 9.17) is 10.2 Å². The molecule has 3 N–H and O–H groups in total. The average Bonchev–Trinajstić information content (AvgIpc) is 2.54. The van der Waals surface area contributed by atoms with Crippen molar-refractivity contribution >= 4 is 17.6 Å². The zero-order valence-corrected chi connectivity index (χ0v) is 14.3. The molecule has 6 nitrogen and oxygen atoms in total. The third-order valence-electron chi connectivity index (χ3n) is 3.84. The molecule has 134 valence electrons. The number of amides is 1. The third-order valence-corrected chi connectivity index (χ3v) is 3.84. The number of nitrogens with zero attached hydrogens (tertiary/aromatic N) is 1. The Morgan fingerprint density at radius 2 is 1.62 bits per heavy atom. The van der Waals surface area contributed by atoms with E-state index in [2.05, 4.69) is 10.2 Å². The van der Waals surface area contributed by atoms with Gasteiger partial charge in [0.2, 0.25) is 5.91 Å². The third kappa shape index (κ3) is 8.64. The molecule has 1 amide bonds. The monoisotopic (exact) mass is 336 g/mol. The summed E-state index contributed by atoms with van der Waals surface area (Å²) >= 11 is 0. The Bertz CT molecular complexity index is 502. The van der Waals surface area contributed by atoms with Gasteiger partial charge in [-0.05, 0) is 50.7 Å². The number of aromatic carboxylic acids is 1. The minimum atomic E-state index is -0.976. The molecule has 0 saturated heterocycles. The minimum absolute atomic E-state index is 0.0410. The lowest BCUT2D eigenvalue weighted by Gasteiger charge is -2.14. The first kappa shape index (κ1) is 20.1. The molecule has 6 heteroatoms. The van der Waals surface area contributed by atoms with Crippen LogP contribution in [0.25, 0.3) is 0 Å². The summed E-state index contributed by atoms with van der Waals surface area (Å²) in [4.78, 5) is 24.7. The molecular weight excluding hydrogens is 308 g/mol. The van der Waals surface area contributed by atoms with Gasteiger partial charge in [-0.1, -0.05) is 19.3 Å². The number of carboxylic acids is 1. The molecule has 0 atom stereocenters. The van der Waals surface area contributed by atoms with E-state index in [-0.39, 0.29) is 18.1 Å². The smallest absolute Gasteiger partial charge is 0.335 e. The van der Waals surface area contributed by atoms with Crippen molar-refractivity contribution in [3.63, 3.8) is 0 Å². The Hall–Kier alpha value is -1.92. The molecule has 0 unspecified atom stereocenters. The average molecular weight is 336 g/mol. The highest BCUT2D eigenvalue weighted by atomic mass is 16.4. The van der Waals surface area contributed by atoms with E-state index < -0.39 is 5.97 Å². The van der Waals surface area contributed by atoms with E-state index in [0.717, 1.165) is 38.6 Å². The van der Waals surface area contributed by atoms with Gasteiger partial charge in [-0.2, -0.15) is 0 Å². The number of carbonyl (C=O) groups is 2. The van der Waals surface area contributed by atoms with Gasteiger partial charge in [0.15, 0.2) is 0 Å². The largest absolute Gasteiger partial charge is 0.478 e. The molecule has 0 bridgehead atoms. The highest BCUT2D eigenvalue weighted by Gasteiger charge is 2.05. The summed E-state index contributed by atoms with van der Waals surface area (Å²) in [6.45, 7) is 1.91. The number of aliphatic hydroxyl groups excluding tert-OH is 1. The first-order valence-electron chi connectivity index (χ1n) is 8.45. The quantitative estimate of drug-likeness (QED) is 0.511. The lowest BCUT2D eigenvalue weighted by atomic mass is 10.1. The van der Waals surface area contributed by atoms with E-state index in [1.54, 1.807) is 12.1 Å². The maximum Gasteiger partial charge on any atom is 0.335 e. The van der Waals surface area contributed by atoms with Crippen LogP contribution in [0.2, 0.25) is 0 Å². The fraction of sp³-hybridized carbons (Fsp3) is 0.556. The lowest BCUT2D eigenvalue weighted by molar-refractivity contribution is -0.116. The van der Waals surface area contributed by atoms with E-state index >= 15 is 0 Å². The topological polar surface area (TPSA) is 89.9 Å². The van der Waals surface area contributed by atoms with E-state index in [1.165, 1.54) is 12.1 Å². The van der Waals surface area contributed by atoms with Gasteiger partial charge in [-0.25, -0.2) is 4.79 Å². The highest BCUT2D eigenvalue weighted by molar-refractivity contribution is 5.92. The number of likely N-dealkylation sites (N-methyl/N-ethyl adjacent to an activating group) is 1. The van der Waals surface area contributed by atoms with Gasteiger partial charge in [0.05, 0.1) is 12.2 Å². The molecule has 0 aliphatic heterocycles. The highest BCUT2D eigenvalue weighted by Crippen LogP contribution is 2.11. The summed E-state index contributed by atoms with van der Waals surface area (Å²) in [5, 5.41) is 20.4. The number of aliphatic hydroxyl groups is 1. The second-order valence-corrected chi connectivity index (χ2v) is 5.98. The number of rotatable bonds is 12. The van der Waals surface area contributed by atoms with Crippen molar-refractivity contribution in [3.8, 4) is 0 Å². The molecule has 0 spiro atoms. The van der Waals surface area contributed by atoms with Gasteiger partial charge in [-0.3, -0.25) is 4.79 Å². The predicted octanol–water partition coefficient (Wildman–Crippen LogP) is 2.59. The molecule has 1 rings (SSSR count). The van der Waals surface area contributed by atoms with Crippen LogP contribution in [0.1, 0.15) is 48.9 Å². The SMILES string of the molecule is CN(CCO)CCCCCCCC(=O)Nc1ccc(C(=O)O)cc1. The van der Waals surface area contributed by atoms with Gasteiger partial charge in [-0.15, -0.1) is 0 Å². The molecule has 1 aromatic rings. The van der Waals surface area contributed by atoms with Crippen molar-refractivity contribution in [1.29, 1.82) is 0 Å². The van der Waals surface area contributed by atoms with Crippen LogP contribution < -0.4 is 5.32 Å². The van der Waals surface area contributed by atoms with Crippen molar-refractivity contribution in [3.05, 3.63) is 29.8 Å². The van der Waals surface area contributed by atoms with Gasteiger partial charge >= 0.3 is 5.97 Å². The summed E-state index contributed by atoms with van der Waals surface area (Å²) < 4.78 is 0. The number of anilines is 1. The summed E-state index contributed by atoms with van der Waals surface area (Å²) in [7, 11) is 2.00. The second kappa shape index (κ2) is 11.6. The Balaban J connectivity index is 2.08. The second-order valence-electron chi connectivity index (χ2n) is 5.98. The van der Waals surface area contributed by atoms with Crippen LogP contribution in [0.5, 0.6) is 0 Å². The van der Waals surface area contributed by atoms with Gasteiger partial charge in [0, 0.05) is 18.7 Å². The molecule has 0 aliphatic rings. The van der Waals surface area contributed by atoms with Crippen LogP contribution in [0.4, 0.5) is 5.69 Å². The Morgan fingerprint density at radius 3 is 2.25 bits per heavy atom. The molecule has 0 aromatic heterocycles. The first-order chi connectivity index (χ1) is 11.5. The lowest BCUT2D eigenvalue weighted by Crippen LogP contribution is -2.23. The van der Waals surface area contributed by atoms with Crippen LogP contribution in [0.3, 0.4) is 0 Å².